The molecule has 1 aliphatic rings. The predicted molar refractivity (Wildman–Crippen MR) is 57.4 cm³/mol. The number of hydrogen-bond donors (Lipinski definition) is 1. The second kappa shape index (κ2) is 3.79. The molecule has 2 atom stereocenters. The Kier molecular flexibility index (Phi) is 2.63. The second-order valence-corrected chi connectivity index (χ2v) is 4.02. The average Bonchev–Trinajstić information content (AvgIpc) is 2.97. The van der Waals surface area contributed by atoms with Gasteiger partial charge in [0.25, 0.3) is 0 Å². The molecule has 0 saturated carbocycles. The Morgan fingerprint density at radius 2 is 1.80 bits per heavy atom. The molecule has 0 spiro atoms. The Morgan fingerprint density at radius 3 is 2.27 bits per heavy atom. The molecular formula is C11H10O3S. The van der Waals surface area contributed by atoms with Gasteiger partial charge >= 0.3 is 0 Å². The molecule has 1 aliphatic heterocycles. The van der Waals surface area contributed by atoms with E-state index < -0.39 is 12.2 Å². The number of Topliss-reactive ketones (excluding diaryl/α,β-unsaturated/α-hetero) is 2. The minimum Gasteiger partial charge on any atom is -0.353 e. The molecule has 2 unspecified atom stereocenters. The van der Waals surface area contributed by atoms with E-state index >= 15 is 0 Å². The number of carbonyl (C=O) groups excluding carboxylic acids is 2. The first kappa shape index (κ1) is 10.4. The molecule has 0 N–H and O–H groups in total. The van der Waals surface area contributed by atoms with Gasteiger partial charge in [-0.2, -0.15) is 0 Å². The summed E-state index contributed by atoms with van der Waals surface area (Å²) in [6.07, 6.45) is -1.11. The van der Waals surface area contributed by atoms with Crippen LogP contribution in [0.1, 0.15) is 17.3 Å². The maximum atomic E-state index is 11.7. The zero-order chi connectivity index (χ0) is 11.0. The van der Waals surface area contributed by atoms with E-state index in [4.69, 9.17) is 4.74 Å². The first-order valence-electron chi connectivity index (χ1n) is 4.59. The molecule has 2 rings (SSSR count). The van der Waals surface area contributed by atoms with Crippen molar-refractivity contribution in [2.24, 2.45) is 0 Å². The molecule has 1 aromatic carbocycles. The van der Waals surface area contributed by atoms with Crippen molar-refractivity contribution in [3.05, 3.63) is 29.8 Å². The lowest BCUT2D eigenvalue weighted by molar-refractivity contribution is -0.118. The number of rotatable bonds is 3. The van der Waals surface area contributed by atoms with Gasteiger partial charge in [-0.05, 0) is 19.1 Å². The molecule has 78 valence electrons. The molecule has 0 aromatic heterocycles. The number of carbonyl (C=O) groups is 2. The van der Waals surface area contributed by atoms with E-state index in [0.29, 0.717) is 5.56 Å². The predicted octanol–water partition coefficient (Wildman–Crippen LogP) is 1.51. The third-order valence-corrected chi connectivity index (χ3v) is 2.60. The molecule has 0 amide bonds. The van der Waals surface area contributed by atoms with Crippen LogP contribution in [0.5, 0.6) is 0 Å². The summed E-state index contributed by atoms with van der Waals surface area (Å²) in [6.45, 7) is 1.43. The molecule has 1 fully saturated rings. The van der Waals surface area contributed by atoms with Gasteiger partial charge in [-0.25, -0.2) is 0 Å². The molecule has 0 bridgehead atoms. The fourth-order valence-corrected chi connectivity index (χ4v) is 1.56. The Balaban J connectivity index is 2.10. The summed E-state index contributed by atoms with van der Waals surface area (Å²) in [5, 5.41) is 0. The van der Waals surface area contributed by atoms with Crippen LogP contribution in [0.4, 0.5) is 0 Å². The van der Waals surface area contributed by atoms with Gasteiger partial charge in [0.2, 0.25) is 0 Å². The lowest BCUT2D eigenvalue weighted by atomic mass is 10.1. The SMILES string of the molecule is CC(=O)C1OC1C(=O)c1ccc(S)cc1. The number of epoxide rings is 1. The number of hydrogen-bond acceptors (Lipinski definition) is 4. The van der Waals surface area contributed by atoms with E-state index in [0.717, 1.165) is 4.90 Å². The maximum absolute atomic E-state index is 11.7. The number of ketones is 2. The normalized spacial score (nSPS) is 23.6. The molecule has 0 aliphatic carbocycles. The zero-order valence-electron chi connectivity index (χ0n) is 8.14. The summed E-state index contributed by atoms with van der Waals surface area (Å²) in [4.78, 5) is 23.4. The van der Waals surface area contributed by atoms with E-state index in [2.05, 4.69) is 12.6 Å². The van der Waals surface area contributed by atoms with Gasteiger partial charge in [0.15, 0.2) is 23.8 Å². The van der Waals surface area contributed by atoms with Crippen molar-refractivity contribution >= 4 is 24.2 Å². The first-order chi connectivity index (χ1) is 7.09. The molecule has 15 heavy (non-hydrogen) atoms. The summed E-state index contributed by atoms with van der Waals surface area (Å²) in [6, 6.07) is 6.84. The third kappa shape index (κ3) is 2.11. The van der Waals surface area contributed by atoms with Crippen LogP contribution in [-0.2, 0) is 9.53 Å². The molecule has 3 nitrogen and oxygen atoms in total. The quantitative estimate of drug-likeness (QED) is 0.479. The van der Waals surface area contributed by atoms with Gasteiger partial charge in [0.1, 0.15) is 0 Å². The van der Waals surface area contributed by atoms with E-state index in [-0.39, 0.29) is 11.6 Å². The Morgan fingerprint density at radius 1 is 1.20 bits per heavy atom. The van der Waals surface area contributed by atoms with Crippen LogP contribution in [0.3, 0.4) is 0 Å². The van der Waals surface area contributed by atoms with Crippen molar-refractivity contribution in [2.45, 2.75) is 24.0 Å². The number of ether oxygens (including phenoxy) is 1. The molecule has 0 radical (unpaired) electrons. The second-order valence-electron chi connectivity index (χ2n) is 3.50. The van der Waals surface area contributed by atoms with Crippen molar-refractivity contribution in [3.63, 3.8) is 0 Å². The Labute approximate surface area is 92.8 Å². The number of benzene rings is 1. The highest BCUT2D eigenvalue weighted by Gasteiger charge is 2.48. The van der Waals surface area contributed by atoms with Gasteiger partial charge in [-0.1, -0.05) is 12.1 Å². The molecule has 4 heteroatoms. The fourth-order valence-electron chi connectivity index (χ4n) is 1.41. The highest BCUT2D eigenvalue weighted by molar-refractivity contribution is 7.80. The highest BCUT2D eigenvalue weighted by Crippen LogP contribution is 2.26. The smallest absolute Gasteiger partial charge is 0.194 e. The summed E-state index contributed by atoms with van der Waals surface area (Å²) in [5.74, 6) is -0.234. The first-order valence-corrected chi connectivity index (χ1v) is 5.03. The zero-order valence-corrected chi connectivity index (χ0v) is 9.03. The van der Waals surface area contributed by atoms with Crippen LogP contribution in [0, 0.1) is 0 Å². The molecular weight excluding hydrogens is 212 g/mol. The van der Waals surface area contributed by atoms with E-state index in [1.807, 2.05) is 0 Å². The van der Waals surface area contributed by atoms with E-state index in [9.17, 15) is 9.59 Å². The maximum Gasteiger partial charge on any atom is 0.194 e. The average molecular weight is 222 g/mol. The fraction of sp³-hybridized carbons (Fsp3) is 0.273. The van der Waals surface area contributed by atoms with Crippen molar-refractivity contribution in [1.82, 2.24) is 0 Å². The lowest BCUT2D eigenvalue weighted by Crippen LogP contribution is -2.14. The summed E-state index contributed by atoms with van der Waals surface area (Å²) < 4.78 is 5.01. The van der Waals surface area contributed by atoms with Crippen LogP contribution < -0.4 is 0 Å². The van der Waals surface area contributed by atoms with E-state index in [1.54, 1.807) is 24.3 Å². The third-order valence-electron chi connectivity index (χ3n) is 2.30. The minimum absolute atomic E-state index is 0.0980. The number of thiol groups is 1. The largest absolute Gasteiger partial charge is 0.353 e. The molecule has 1 saturated heterocycles. The van der Waals surface area contributed by atoms with Crippen molar-refractivity contribution in [1.29, 1.82) is 0 Å². The Bertz CT molecular complexity index is 410. The highest BCUT2D eigenvalue weighted by atomic mass is 32.1. The lowest BCUT2D eigenvalue weighted by Gasteiger charge is -1.97. The van der Waals surface area contributed by atoms with Gasteiger partial charge in [0, 0.05) is 10.5 Å². The monoisotopic (exact) mass is 222 g/mol. The molecule has 1 heterocycles. The van der Waals surface area contributed by atoms with Gasteiger partial charge < -0.3 is 4.74 Å². The van der Waals surface area contributed by atoms with Crippen LogP contribution in [0.25, 0.3) is 0 Å². The van der Waals surface area contributed by atoms with Gasteiger partial charge in [0.05, 0.1) is 0 Å². The topological polar surface area (TPSA) is 46.7 Å². The van der Waals surface area contributed by atoms with Crippen molar-refractivity contribution in [3.8, 4) is 0 Å². The van der Waals surface area contributed by atoms with Crippen LogP contribution in [-0.4, -0.2) is 23.8 Å². The van der Waals surface area contributed by atoms with Gasteiger partial charge in [-0.15, -0.1) is 12.6 Å². The van der Waals surface area contributed by atoms with Crippen LogP contribution >= 0.6 is 12.6 Å². The minimum atomic E-state index is -0.576. The summed E-state index contributed by atoms with van der Waals surface area (Å²) in [7, 11) is 0. The van der Waals surface area contributed by atoms with Gasteiger partial charge in [-0.3, -0.25) is 9.59 Å². The Hall–Kier alpha value is -1.13. The van der Waals surface area contributed by atoms with E-state index in [1.165, 1.54) is 6.92 Å². The standard InChI is InChI=1S/C11H10O3S/c1-6(12)10-11(14-10)9(13)7-2-4-8(15)5-3-7/h2-5,10-11,15H,1H3. The summed E-state index contributed by atoms with van der Waals surface area (Å²) in [5.41, 5.74) is 0.557. The van der Waals surface area contributed by atoms with Crippen LogP contribution in [0.15, 0.2) is 29.2 Å². The summed E-state index contributed by atoms with van der Waals surface area (Å²) >= 11 is 4.12. The van der Waals surface area contributed by atoms with Crippen molar-refractivity contribution < 1.29 is 14.3 Å². The molecule has 1 aromatic rings. The van der Waals surface area contributed by atoms with Crippen LogP contribution in [0.2, 0.25) is 0 Å². The van der Waals surface area contributed by atoms with Crippen molar-refractivity contribution in [2.75, 3.05) is 0 Å².